The summed E-state index contributed by atoms with van der Waals surface area (Å²) in [6, 6.07) is 10.1. The third-order valence-corrected chi connectivity index (χ3v) is 4.76. The molecule has 1 amide bonds. The number of hydrogen-bond donors (Lipinski definition) is 1. The van der Waals surface area contributed by atoms with Crippen LogP contribution in [-0.2, 0) is 17.7 Å². The molecule has 1 N–H and O–H groups in total. The van der Waals surface area contributed by atoms with Gasteiger partial charge in [-0.1, -0.05) is 30.3 Å². The highest BCUT2D eigenvalue weighted by Gasteiger charge is 2.31. The molecule has 2 atom stereocenters. The van der Waals surface area contributed by atoms with Gasteiger partial charge >= 0.3 is 0 Å². The molecule has 1 aromatic heterocycles. The van der Waals surface area contributed by atoms with Crippen LogP contribution in [0.5, 0.6) is 0 Å². The first-order valence-electron chi connectivity index (χ1n) is 9.16. The van der Waals surface area contributed by atoms with Gasteiger partial charge in [0.1, 0.15) is 0 Å². The van der Waals surface area contributed by atoms with Crippen LogP contribution in [0.1, 0.15) is 47.3 Å². The molecule has 3 rings (SSSR count). The lowest BCUT2D eigenvalue weighted by atomic mass is 9.99. The Morgan fingerprint density at radius 2 is 1.96 bits per heavy atom. The average molecular weight is 356 g/mol. The largest absolute Gasteiger partial charge is 0.369 e. The van der Waals surface area contributed by atoms with Crippen LogP contribution in [0.4, 0.5) is 0 Å². The average Bonchev–Trinajstić information content (AvgIpc) is 3.02. The molecular weight excluding hydrogens is 328 g/mol. The molecule has 6 nitrogen and oxygen atoms in total. The maximum Gasteiger partial charge on any atom is 0.274 e. The summed E-state index contributed by atoms with van der Waals surface area (Å²) in [5.74, 6) is -0.0190. The molecular formula is C20H28N4O2. The lowest BCUT2D eigenvalue weighted by Crippen LogP contribution is -2.37. The normalized spacial score (nSPS) is 19.4. The molecule has 0 saturated carbocycles. The van der Waals surface area contributed by atoms with Crippen molar-refractivity contribution in [1.29, 1.82) is 0 Å². The molecule has 0 radical (unpaired) electrons. The fourth-order valence-corrected chi connectivity index (χ4v) is 3.38. The number of carbonyl (C=O) groups excluding carboxylic acids is 1. The second kappa shape index (κ2) is 8.01. The quantitative estimate of drug-likeness (QED) is 0.864. The molecule has 0 unspecified atom stereocenters. The van der Waals surface area contributed by atoms with Crippen LogP contribution in [0, 0.1) is 0 Å². The monoisotopic (exact) mass is 356 g/mol. The number of H-pyrrole nitrogens is 1. The third-order valence-electron chi connectivity index (χ3n) is 4.76. The maximum absolute atomic E-state index is 13.3. The Hall–Kier alpha value is -2.18. The van der Waals surface area contributed by atoms with Crippen LogP contribution < -0.4 is 0 Å². The van der Waals surface area contributed by atoms with Crippen molar-refractivity contribution >= 4 is 5.91 Å². The number of benzene rings is 1. The Labute approximate surface area is 155 Å². The number of hydrogen-bond acceptors (Lipinski definition) is 4. The molecule has 1 aliphatic heterocycles. The van der Waals surface area contributed by atoms with Gasteiger partial charge in [0.15, 0.2) is 5.69 Å². The minimum atomic E-state index is -0.0628. The smallest absolute Gasteiger partial charge is 0.274 e. The van der Waals surface area contributed by atoms with Gasteiger partial charge in [-0.15, -0.1) is 0 Å². The molecule has 0 bridgehead atoms. The van der Waals surface area contributed by atoms with E-state index in [4.69, 9.17) is 4.74 Å². The predicted octanol–water partition coefficient (Wildman–Crippen LogP) is 2.64. The summed E-state index contributed by atoms with van der Waals surface area (Å²) in [5, 5.41) is 7.39. The first-order chi connectivity index (χ1) is 12.5. The number of rotatable bonds is 6. The molecule has 0 fully saturated rings. The van der Waals surface area contributed by atoms with Crippen molar-refractivity contribution in [2.75, 3.05) is 27.2 Å². The van der Waals surface area contributed by atoms with E-state index < -0.39 is 0 Å². The Morgan fingerprint density at radius 1 is 1.23 bits per heavy atom. The van der Waals surface area contributed by atoms with E-state index in [2.05, 4.69) is 15.1 Å². The zero-order valence-electron chi connectivity index (χ0n) is 16.0. The Balaban J connectivity index is 1.85. The molecule has 0 aliphatic carbocycles. The maximum atomic E-state index is 13.3. The molecule has 2 aromatic rings. The fraction of sp³-hybridized carbons (Fsp3) is 0.500. The van der Waals surface area contributed by atoms with Crippen molar-refractivity contribution in [2.45, 2.75) is 39.0 Å². The second-order valence-corrected chi connectivity index (χ2v) is 7.27. The van der Waals surface area contributed by atoms with E-state index in [1.165, 1.54) is 0 Å². The minimum Gasteiger partial charge on any atom is -0.369 e. The Kier molecular flexibility index (Phi) is 5.74. The lowest BCUT2D eigenvalue weighted by Gasteiger charge is -2.27. The second-order valence-electron chi connectivity index (χ2n) is 7.27. The first-order valence-corrected chi connectivity index (χ1v) is 9.16. The number of aromatic amines is 1. The number of aromatic nitrogens is 2. The number of nitrogens with one attached hydrogen (secondary N) is 1. The van der Waals surface area contributed by atoms with Gasteiger partial charge in [0, 0.05) is 31.6 Å². The summed E-state index contributed by atoms with van der Waals surface area (Å²) in [7, 11) is 4.03. The standard InChI is InChI=1S/C20H28N4O2/c1-14-12-17-18(15(2)26-14)21-22-19(17)20(25)24(11-10-23(3)4)13-16-8-6-5-7-9-16/h5-9,14-15H,10-13H2,1-4H3,(H,21,22)/t14-,15+/m1/s1. The number of fused-ring (bicyclic) bond motifs is 1. The highest BCUT2D eigenvalue weighted by molar-refractivity contribution is 5.94. The molecule has 0 spiro atoms. The summed E-state index contributed by atoms with van der Waals surface area (Å²) in [4.78, 5) is 17.3. The van der Waals surface area contributed by atoms with E-state index >= 15 is 0 Å². The summed E-state index contributed by atoms with van der Waals surface area (Å²) < 4.78 is 5.84. The van der Waals surface area contributed by atoms with Crippen molar-refractivity contribution in [3.63, 3.8) is 0 Å². The van der Waals surface area contributed by atoms with Gasteiger partial charge in [-0.2, -0.15) is 5.10 Å². The van der Waals surface area contributed by atoms with Crippen molar-refractivity contribution in [1.82, 2.24) is 20.0 Å². The summed E-state index contributed by atoms with van der Waals surface area (Å²) >= 11 is 0. The molecule has 0 saturated heterocycles. The van der Waals surface area contributed by atoms with Gasteiger partial charge in [0.25, 0.3) is 5.91 Å². The topological polar surface area (TPSA) is 61.5 Å². The van der Waals surface area contributed by atoms with Crippen LogP contribution in [0.25, 0.3) is 0 Å². The lowest BCUT2D eigenvalue weighted by molar-refractivity contribution is -0.00702. The van der Waals surface area contributed by atoms with Crippen LogP contribution in [0.3, 0.4) is 0 Å². The van der Waals surface area contributed by atoms with Crippen molar-refractivity contribution in [3.8, 4) is 0 Å². The number of nitrogens with zero attached hydrogens (tertiary/aromatic N) is 3. The summed E-state index contributed by atoms with van der Waals surface area (Å²) in [6.07, 6.45) is 0.738. The van der Waals surface area contributed by atoms with Gasteiger partial charge in [-0.25, -0.2) is 0 Å². The molecule has 6 heteroatoms. The molecule has 1 aromatic carbocycles. The number of amides is 1. The number of likely N-dealkylation sites (N-methyl/N-ethyl adjacent to an activating group) is 1. The zero-order chi connectivity index (χ0) is 18.7. The fourth-order valence-electron chi connectivity index (χ4n) is 3.38. The van der Waals surface area contributed by atoms with Crippen LogP contribution >= 0.6 is 0 Å². The van der Waals surface area contributed by atoms with Crippen LogP contribution in [0.2, 0.25) is 0 Å². The Bertz CT molecular complexity index is 742. The Morgan fingerprint density at radius 3 is 2.65 bits per heavy atom. The third kappa shape index (κ3) is 4.14. The summed E-state index contributed by atoms with van der Waals surface area (Å²) in [5.41, 5.74) is 3.59. The predicted molar refractivity (Wildman–Crippen MR) is 101 cm³/mol. The minimum absolute atomic E-state index is 0.0190. The summed E-state index contributed by atoms with van der Waals surface area (Å²) in [6.45, 7) is 6.07. The molecule has 140 valence electrons. The highest BCUT2D eigenvalue weighted by Crippen LogP contribution is 2.30. The molecule has 2 heterocycles. The molecule has 1 aliphatic rings. The van der Waals surface area contributed by atoms with Crippen molar-refractivity contribution in [2.24, 2.45) is 0 Å². The van der Waals surface area contributed by atoms with E-state index in [0.29, 0.717) is 25.2 Å². The van der Waals surface area contributed by atoms with Gasteiger partial charge < -0.3 is 14.5 Å². The first kappa shape index (κ1) is 18.6. The van der Waals surface area contributed by atoms with E-state index in [-0.39, 0.29) is 18.1 Å². The SMILES string of the molecule is C[C@@H]1Cc2c(C(=O)N(CCN(C)C)Cc3ccccc3)n[nH]c2[C@H](C)O1. The number of carbonyl (C=O) groups is 1. The van der Waals surface area contributed by atoms with Gasteiger partial charge in [0.2, 0.25) is 0 Å². The van der Waals surface area contributed by atoms with E-state index in [1.807, 2.05) is 63.2 Å². The van der Waals surface area contributed by atoms with Crippen LogP contribution in [-0.4, -0.2) is 59.2 Å². The zero-order valence-corrected chi connectivity index (χ0v) is 16.0. The van der Waals surface area contributed by atoms with E-state index in [1.54, 1.807) is 0 Å². The number of ether oxygens (including phenoxy) is 1. The van der Waals surface area contributed by atoms with Gasteiger partial charge in [0.05, 0.1) is 17.9 Å². The van der Waals surface area contributed by atoms with Gasteiger partial charge in [-0.3, -0.25) is 9.89 Å². The van der Waals surface area contributed by atoms with E-state index in [9.17, 15) is 4.79 Å². The van der Waals surface area contributed by atoms with Crippen molar-refractivity contribution < 1.29 is 9.53 Å². The van der Waals surface area contributed by atoms with Crippen LogP contribution in [0.15, 0.2) is 30.3 Å². The molecule has 26 heavy (non-hydrogen) atoms. The van der Waals surface area contributed by atoms with Gasteiger partial charge in [-0.05, 0) is 33.5 Å². The van der Waals surface area contributed by atoms with Crippen molar-refractivity contribution in [3.05, 3.63) is 52.8 Å². The highest BCUT2D eigenvalue weighted by atomic mass is 16.5. The van der Waals surface area contributed by atoms with E-state index in [0.717, 1.165) is 23.4 Å².